The molecule has 4 heteroatoms. The molecule has 0 bridgehead atoms. The molecule has 1 fully saturated rings. The fourth-order valence-electron chi connectivity index (χ4n) is 3.32. The van der Waals surface area contributed by atoms with E-state index in [1.807, 2.05) is 0 Å². The molecule has 1 saturated carbocycles. The average Bonchev–Trinajstić information content (AvgIpc) is 2.31. The first-order valence-corrected chi connectivity index (χ1v) is 8.10. The maximum absolute atomic E-state index is 5.64. The second-order valence-electron chi connectivity index (χ2n) is 4.77. The molecule has 96 valence electrons. The summed E-state index contributed by atoms with van der Waals surface area (Å²) in [6.45, 7) is 4.53. The summed E-state index contributed by atoms with van der Waals surface area (Å²) < 4.78 is 16.9. The van der Waals surface area contributed by atoms with E-state index in [0.717, 1.165) is 0 Å². The van der Waals surface area contributed by atoms with Crippen molar-refractivity contribution in [2.24, 2.45) is 5.41 Å². The van der Waals surface area contributed by atoms with Crippen molar-refractivity contribution in [1.29, 1.82) is 0 Å². The van der Waals surface area contributed by atoms with Crippen LogP contribution >= 0.6 is 0 Å². The van der Waals surface area contributed by atoms with Crippen molar-refractivity contribution in [2.45, 2.75) is 51.5 Å². The molecule has 0 aromatic heterocycles. The third kappa shape index (κ3) is 2.08. The molecule has 1 unspecified atom stereocenters. The SMILES string of the molecule is CCC[C@]1(CC)CCC1[Si](OC)(OC)OC. The van der Waals surface area contributed by atoms with Crippen LogP contribution in [0.15, 0.2) is 0 Å². The molecule has 1 aliphatic carbocycles. The predicted molar refractivity (Wildman–Crippen MR) is 67.4 cm³/mol. The molecule has 0 aromatic carbocycles. The minimum absolute atomic E-state index is 0.406. The Hall–Kier alpha value is 0.0969. The molecule has 0 spiro atoms. The quantitative estimate of drug-likeness (QED) is 0.646. The molecule has 2 atom stereocenters. The zero-order chi connectivity index (χ0) is 12.2. The number of hydrogen-bond acceptors (Lipinski definition) is 3. The van der Waals surface area contributed by atoms with Crippen molar-refractivity contribution < 1.29 is 13.3 Å². The van der Waals surface area contributed by atoms with Gasteiger partial charge in [-0.1, -0.05) is 26.7 Å². The Morgan fingerprint density at radius 2 is 1.69 bits per heavy atom. The first-order valence-electron chi connectivity index (χ1n) is 6.30. The Balaban J connectivity index is 2.85. The van der Waals surface area contributed by atoms with Crippen LogP contribution in [0.1, 0.15) is 46.0 Å². The normalized spacial score (nSPS) is 30.2. The summed E-state index contributed by atoms with van der Waals surface area (Å²) in [6, 6.07) is 0. The standard InChI is InChI=1S/C12H26O3Si/c1-6-9-12(7-2)10-8-11(12)16(13-3,14-4)15-5/h11H,6-10H2,1-5H3/t11?,12-/m1/s1. The fraction of sp³-hybridized carbons (Fsp3) is 1.00. The summed E-state index contributed by atoms with van der Waals surface area (Å²) in [5, 5.41) is 0. The second kappa shape index (κ2) is 5.62. The summed E-state index contributed by atoms with van der Waals surface area (Å²) >= 11 is 0. The number of rotatable bonds is 7. The van der Waals surface area contributed by atoms with Crippen LogP contribution < -0.4 is 0 Å². The average molecular weight is 246 g/mol. The van der Waals surface area contributed by atoms with Crippen LogP contribution in [0, 0.1) is 5.41 Å². The number of hydrogen-bond donors (Lipinski definition) is 0. The van der Waals surface area contributed by atoms with Crippen molar-refractivity contribution in [1.82, 2.24) is 0 Å². The lowest BCUT2D eigenvalue weighted by molar-refractivity contribution is 0.0219. The van der Waals surface area contributed by atoms with Gasteiger partial charge >= 0.3 is 8.80 Å². The van der Waals surface area contributed by atoms with Gasteiger partial charge in [0.15, 0.2) is 0 Å². The molecule has 1 aliphatic rings. The molecular formula is C12H26O3Si. The highest BCUT2D eigenvalue weighted by atomic mass is 28.4. The molecule has 0 aliphatic heterocycles. The fourth-order valence-corrected chi connectivity index (χ4v) is 6.42. The topological polar surface area (TPSA) is 27.7 Å². The highest BCUT2D eigenvalue weighted by Gasteiger charge is 2.61. The second-order valence-corrected chi connectivity index (χ2v) is 7.90. The van der Waals surface area contributed by atoms with Crippen molar-refractivity contribution >= 4 is 8.80 Å². The van der Waals surface area contributed by atoms with E-state index in [4.69, 9.17) is 13.3 Å². The maximum atomic E-state index is 5.64. The van der Waals surface area contributed by atoms with Gasteiger partial charge in [-0.05, 0) is 24.7 Å². The first kappa shape index (κ1) is 14.2. The van der Waals surface area contributed by atoms with Crippen LogP contribution in [0.3, 0.4) is 0 Å². The van der Waals surface area contributed by atoms with Gasteiger partial charge in [-0.2, -0.15) is 0 Å². The maximum Gasteiger partial charge on any atom is 0.503 e. The lowest BCUT2D eigenvalue weighted by atomic mass is 9.64. The predicted octanol–water partition coefficient (Wildman–Crippen LogP) is 3.23. The third-order valence-corrected chi connectivity index (χ3v) is 7.86. The van der Waals surface area contributed by atoms with Gasteiger partial charge in [0.2, 0.25) is 0 Å². The summed E-state index contributed by atoms with van der Waals surface area (Å²) in [4.78, 5) is 0. The van der Waals surface area contributed by atoms with Crippen LogP contribution in [0.4, 0.5) is 0 Å². The highest BCUT2D eigenvalue weighted by Crippen LogP contribution is 2.60. The molecule has 16 heavy (non-hydrogen) atoms. The summed E-state index contributed by atoms with van der Waals surface area (Å²) in [5.74, 6) is 0. The van der Waals surface area contributed by atoms with Crippen molar-refractivity contribution in [3.8, 4) is 0 Å². The Morgan fingerprint density at radius 1 is 1.12 bits per heavy atom. The third-order valence-electron chi connectivity index (χ3n) is 4.40. The van der Waals surface area contributed by atoms with Crippen LogP contribution in [0.5, 0.6) is 0 Å². The molecular weight excluding hydrogens is 220 g/mol. The van der Waals surface area contributed by atoms with Gasteiger partial charge in [0.25, 0.3) is 0 Å². The summed E-state index contributed by atoms with van der Waals surface area (Å²) in [5.41, 5.74) is 0.896. The molecule has 0 saturated heterocycles. The zero-order valence-corrected chi connectivity index (χ0v) is 12.3. The van der Waals surface area contributed by atoms with Gasteiger partial charge < -0.3 is 13.3 Å². The van der Waals surface area contributed by atoms with E-state index < -0.39 is 8.80 Å². The van der Waals surface area contributed by atoms with E-state index >= 15 is 0 Å². The van der Waals surface area contributed by atoms with Crippen LogP contribution in [-0.4, -0.2) is 30.1 Å². The van der Waals surface area contributed by atoms with E-state index in [-0.39, 0.29) is 0 Å². The Labute approximate surface area is 101 Å². The van der Waals surface area contributed by atoms with E-state index in [2.05, 4.69) is 13.8 Å². The largest absolute Gasteiger partial charge is 0.503 e. The Kier molecular flexibility index (Phi) is 4.98. The van der Waals surface area contributed by atoms with Gasteiger partial charge in [0.05, 0.1) is 0 Å². The van der Waals surface area contributed by atoms with Gasteiger partial charge in [-0.15, -0.1) is 0 Å². The van der Waals surface area contributed by atoms with Crippen LogP contribution in [0.2, 0.25) is 5.54 Å². The first-order chi connectivity index (χ1) is 7.64. The molecule has 3 nitrogen and oxygen atoms in total. The molecule has 0 aromatic rings. The van der Waals surface area contributed by atoms with Gasteiger partial charge in [-0.25, -0.2) is 0 Å². The summed E-state index contributed by atoms with van der Waals surface area (Å²) in [7, 11) is 2.75. The summed E-state index contributed by atoms with van der Waals surface area (Å²) in [6.07, 6.45) is 6.18. The zero-order valence-electron chi connectivity index (χ0n) is 11.3. The van der Waals surface area contributed by atoms with Crippen molar-refractivity contribution in [2.75, 3.05) is 21.3 Å². The van der Waals surface area contributed by atoms with E-state index in [1.165, 1.54) is 32.1 Å². The van der Waals surface area contributed by atoms with E-state index in [1.54, 1.807) is 21.3 Å². The lowest BCUT2D eigenvalue weighted by Gasteiger charge is -2.53. The minimum Gasteiger partial charge on any atom is -0.377 e. The van der Waals surface area contributed by atoms with Crippen molar-refractivity contribution in [3.63, 3.8) is 0 Å². The Morgan fingerprint density at radius 3 is 1.94 bits per heavy atom. The molecule has 1 rings (SSSR count). The molecule has 0 amide bonds. The monoisotopic (exact) mass is 246 g/mol. The highest BCUT2D eigenvalue weighted by molar-refractivity contribution is 6.62. The smallest absolute Gasteiger partial charge is 0.377 e. The molecule has 0 N–H and O–H groups in total. The molecule has 0 radical (unpaired) electrons. The van der Waals surface area contributed by atoms with Crippen LogP contribution in [0.25, 0.3) is 0 Å². The van der Waals surface area contributed by atoms with Gasteiger partial charge in [-0.3, -0.25) is 0 Å². The molecule has 0 heterocycles. The van der Waals surface area contributed by atoms with E-state index in [0.29, 0.717) is 11.0 Å². The van der Waals surface area contributed by atoms with Crippen molar-refractivity contribution in [3.05, 3.63) is 0 Å². The van der Waals surface area contributed by atoms with Gasteiger partial charge in [0, 0.05) is 26.9 Å². The lowest BCUT2D eigenvalue weighted by Crippen LogP contribution is -2.57. The minimum atomic E-state index is -2.43. The van der Waals surface area contributed by atoms with E-state index in [9.17, 15) is 0 Å². The Bertz CT molecular complexity index is 206. The van der Waals surface area contributed by atoms with Gasteiger partial charge in [0.1, 0.15) is 0 Å². The van der Waals surface area contributed by atoms with Crippen LogP contribution in [-0.2, 0) is 13.3 Å².